The van der Waals surface area contributed by atoms with Gasteiger partial charge in [-0.1, -0.05) is 37.3 Å². The number of benzene rings is 2. The molecular weight excluding hydrogens is 382 g/mol. The number of nitrogens with one attached hydrogen (secondary N) is 1. The van der Waals surface area contributed by atoms with E-state index < -0.39 is 0 Å². The molecule has 0 radical (unpaired) electrons. The van der Waals surface area contributed by atoms with Gasteiger partial charge in [0.1, 0.15) is 24.2 Å². The van der Waals surface area contributed by atoms with E-state index in [4.69, 9.17) is 14.2 Å². The van der Waals surface area contributed by atoms with Crippen molar-refractivity contribution in [1.82, 2.24) is 9.78 Å². The second-order valence-corrected chi connectivity index (χ2v) is 6.90. The first-order valence-electron chi connectivity index (χ1n) is 9.85. The summed E-state index contributed by atoms with van der Waals surface area (Å²) in [6.45, 7) is 2.87. The molecule has 1 heterocycles. The van der Waals surface area contributed by atoms with E-state index in [9.17, 15) is 4.79 Å². The largest absolute Gasteiger partial charge is 0.489 e. The molecule has 7 heteroatoms. The Morgan fingerprint density at radius 2 is 1.90 bits per heavy atom. The van der Waals surface area contributed by atoms with E-state index in [-0.39, 0.29) is 12.0 Å². The number of rotatable bonds is 10. The minimum absolute atomic E-state index is 0.119. The zero-order valence-electron chi connectivity index (χ0n) is 17.5. The summed E-state index contributed by atoms with van der Waals surface area (Å²) in [6.07, 6.45) is 2.42. The number of nitrogens with zero attached hydrogens (tertiary/aromatic N) is 2. The van der Waals surface area contributed by atoms with Gasteiger partial charge in [-0.3, -0.25) is 9.48 Å². The summed E-state index contributed by atoms with van der Waals surface area (Å²) in [5, 5.41) is 6.98. The highest BCUT2D eigenvalue weighted by atomic mass is 16.5. The number of aryl methyl sites for hydroxylation is 1. The van der Waals surface area contributed by atoms with Crippen LogP contribution in [0.15, 0.2) is 60.8 Å². The fourth-order valence-electron chi connectivity index (χ4n) is 2.88. The molecule has 1 amide bonds. The fourth-order valence-corrected chi connectivity index (χ4v) is 2.88. The summed E-state index contributed by atoms with van der Waals surface area (Å²) in [4.78, 5) is 12.8. The van der Waals surface area contributed by atoms with Gasteiger partial charge in [0.2, 0.25) is 0 Å². The topological polar surface area (TPSA) is 74.6 Å². The predicted octanol–water partition coefficient (Wildman–Crippen LogP) is 4.06. The van der Waals surface area contributed by atoms with E-state index in [1.54, 1.807) is 49.3 Å². The molecule has 1 N–H and O–H groups in total. The molecule has 0 unspecified atom stereocenters. The van der Waals surface area contributed by atoms with Gasteiger partial charge >= 0.3 is 0 Å². The lowest BCUT2D eigenvalue weighted by Crippen LogP contribution is -2.21. The van der Waals surface area contributed by atoms with Crippen LogP contribution in [-0.2, 0) is 18.4 Å². The van der Waals surface area contributed by atoms with Gasteiger partial charge in [-0.15, -0.1) is 0 Å². The van der Waals surface area contributed by atoms with Crippen molar-refractivity contribution in [3.8, 4) is 11.5 Å². The molecule has 0 saturated heterocycles. The molecule has 0 spiro atoms. The van der Waals surface area contributed by atoms with Gasteiger partial charge in [0.05, 0.1) is 6.61 Å². The van der Waals surface area contributed by atoms with Crippen molar-refractivity contribution >= 4 is 11.7 Å². The van der Waals surface area contributed by atoms with Crippen molar-refractivity contribution in [1.29, 1.82) is 0 Å². The lowest BCUT2D eigenvalue weighted by Gasteiger charge is -2.18. The number of hydrogen-bond acceptors (Lipinski definition) is 5. The van der Waals surface area contributed by atoms with E-state index in [0.29, 0.717) is 36.1 Å². The highest BCUT2D eigenvalue weighted by molar-refractivity contribution is 6.04. The van der Waals surface area contributed by atoms with Gasteiger partial charge < -0.3 is 19.5 Å². The van der Waals surface area contributed by atoms with Crippen molar-refractivity contribution in [3.63, 3.8) is 0 Å². The molecule has 2 aromatic carbocycles. The average Bonchev–Trinajstić information content (AvgIpc) is 3.17. The van der Waals surface area contributed by atoms with Gasteiger partial charge in [-0.25, -0.2) is 0 Å². The van der Waals surface area contributed by atoms with Crippen molar-refractivity contribution < 1.29 is 19.0 Å². The maximum atomic E-state index is 12.8. The van der Waals surface area contributed by atoms with Crippen LogP contribution in [0.2, 0.25) is 0 Å². The molecule has 0 saturated carbocycles. The van der Waals surface area contributed by atoms with Crippen LogP contribution in [0.1, 0.15) is 29.3 Å². The van der Waals surface area contributed by atoms with E-state index >= 15 is 0 Å². The highest BCUT2D eigenvalue weighted by Crippen LogP contribution is 2.26. The third-order valence-corrected chi connectivity index (χ3v) is 4.46. The first-order chi connectivity index (χ1) is 14.6. The fraction of sp³-hybridized carbons (Fsp3) is 0.304. The Hall–Kier alpha value is -3.32. The smallest absolute Gasteiger partial charge is 0.257 e. The van der Waals surface area contributed by atoms with Crippen molar-refractivity contribution in [3.05, 3.63) is 71.9 Å². The molecular formula is C23H27N3O4. The van der Waals surface area contributed by atoms with Crippen LogP contribution in [-0.4, -0.2) is 35.5 Å². The number of anilines is 1. The predicted molar refractivity (Wildman–Crippen MR) is 115 cm³/mol. The van der Waals surface area contributed by atoms with E-state index in [2.05, 4.69) is 10.4 Å². The second kappa shape index (κ2) is 10.5. The first kappa shape index (κ1) is 21.4. The molecule has 0 aliphatic carbocycles. The Balaban J connectivity index is 1.81. The molecule has 0 fully saturated rings. The van der Waals surface area contributed by atoms with Crippen LogP contribution < -0.4 is 14.8 Å². The zero-order chi connectivity index (χ0) is 21.3. The Bertz CT molecular complexity index is 956. The molecule has 0 aliphatic heterocycles. The third-order valence-electron chi connectivity index (χ3n) is 4.46. The van der Waals surface area contributed by atoms with E-state index in [1.165, 1.54) is 0 Å². The standard InChI is InChI=1S/C23H27N3O4/c1-4-19(16-28-3)30-21-13-18(23(27)24-22-10-11-26(2)25-22)12-20(14-21)29-15-17-8-6-5-7-9-17/h5-14,19H,4,15-16H2,1-3H3,(H,24,25,27)/t19-/m0/s1. The van der Waals surface area contributed by atoms with Crippen LogP contribution in [0.4, 0.5) is 5.82 Å². The molecule has 1 aromatic heterocycles. The average molecular weight is 409 g/mol. The summed E-state index contributed by atoms with van der Waals surface area (Å²) in [7, 11) is 3.43. The molecule has 3 rings (SSSR count). The number of amides is 1. The Morgan fingerprint density at radius 1 is 1.13 bits per heavy atom. The molecule has 30 heavy (non-hydrogen) atoms. The number of hydrogen-bond donors (Lipinski definition) is 1. The number of carbonyl (C=O) groups is 1. The quantitative estimate of drug-likeness (QED) is 0.547. The number of aromatic nitrogens is 2. The monoisotopic (exact) mass is 409 g/mol. The van der Waals surface area contributed by atoms with E-state index in [0.717, 1.165) is 12.0 Å². The molecule has 1 atom stereocenters. The van der Waals surface area contributed by atoms with E-state index in [1.807, 2.05) is 37.3 Å². The first-order valence-corrected chi connectivity index (χ1v) is 9.85. The Kier molecular flexibility index (Phi) is 7.45. The minimum atomic E-state index is -0.288. The molecule has 3 aromatic rings. The van der Waals surface area contributed by atoms with Crippen LogP contribution >= 0.6 is 0 Å². The minimum Gasteiger partial charge on any atom is -0.489 e. The summed E-state index contributed by atoms with van der Waals surface area (Å²) < 4.78 is 18.8. The van der Waals surface area contributed by atoms with Crippen molar-refractivity contribution in [2.45, 2.75) is 26.1 Å². The maximum absolute atomic E-state index is 12.8. The summed E-state index contributed by atoms with van der Waals surface area (Å²) in [6, 6.07) is 16.8. The normalized spacial score (nSPS) is 11.7. The maximum Gasteiger partial charge on any atom is 0.257 e. The van der Waals surface area contributed by atoms with Gasteiger partial charge in [0.25, 0.3) is 5.91 Å². The van der Waals surface area contributed by atoms with Crippen LogP contribution in [0.25, 0.3) is 0 Å². The molecule has 0 bridgehead atoms. The lowest BCUT2D eigenvalue weighted by atomic mass is 10.1. The van der Waals surface area contributed by atoms with Gasteiger partial charge in [-0.05, 0) is 24.1 Å². The van der Waals surface area contributed by atoms with Crippen LogP contribution in [0, 0.1) is 0 Å². The second-order valence-electron chi connectivity index (χ2n) is 6.90. The number of ether oxygens (including phenoxy) is 3. The molecule has 158 valence electrons. The Morgan fingerprint density at radius 3 is 2.57 bits per heavy atom. The van der Waals surface area contributed by atoms with Crippen LogP contribution in [0.5, 0.6) is 11.5 Å². The van der Waals surface area contributed by atoms with Crippen molar-refractivity contribution in [2.75, 3.05) is 19.0 Å². The lowest BCUT2D eigenvalue weighted by molar-refractivity contribution is 0.0784. The summed E-state index contributed by atoms with van der Waals surface area (Å²) in [5.74, 6) is 1.29. The van der Waals surface area contributed by atoms with Crippen molar-refractivity contribution in [2.24, 2.45) is 7.05 Å². The SMILES string of the molecule is CC[C@@H](COC)Oc1cc(OCc2ccccc2)cc(C(=O)Nc2ccn(C)n2)c1. The van der Waals surface area contributed by atoms with Gasteiger partial charge in [0.15, 0.2) is 5.82 Å². The van der Waals surface area contributed by atoms with Gasteiger partial charge in [0, 0.05) is 38.1 Å². The summed E-state index contributed by atoms with van der Waals surface area (Å²) >= 11 is 0. The summed E-state index contributed by atoms with van der Waals surface area (Å²) in [5.41, 5.74) is 1.46. The highest BCUT2D eigenvalue weighted by Gasteiger charge is 2.15. The zero-order valence-corrected chi connectivity index (χ0v) is 17.5. The third kappa shape index (κ3) is 6.09. The number of carbonyl (C=O) groups excluding carboxylic acids is 1. The Labute approximate surface area is 176 Å². The molecule has 7 nitrogen and oxygen atoms in total. The van der Waals surface area contributed by atoms with Gasteiger partial charge in [-0.2, -0.15) is 5.10 Å². The van der Waals surface area contributed by atoms with Crippen LogP contribution in [0.3, 0.4) is 0 Å². The molecule has 0 aliphatic rings. The number of methoxy groups -OCH3 is 1.